The number of nitrogens with zero attached hydrogens (tertiary/aromatic N) is 3. The van der Waals surface area contributed by atoms with Crippen molar-refractivity contribution in [3.63, 3.8) is 0 Å². The molecule has 0 amide bonds. The van der Waals surface area contributed by atoms with Crippen LogP contribution in [0.2, 0.25) is 0 Å². The first kappa shape index (κ1) is 12.7. The molecule has 2 heterocycles. The maximum Gasteiger partial charge on any atom is 0.0964 e. The third-order valence-electron chi connectivity index (χ3n) is 3.25. The van der Waals surface area contributed by atoms with Gasteiger partial charge in [-0.05, 0) is 24.6 Å². The summed E-state index contributed by atoms with van der Waals surface area (Å²) in [6, 6.07) is 8.65. The van der Waals surface area contributed by atoms with Crippen LogP contribution in [-0.2, 0) is 19.5 Å². The van der Waals surface area contributed by atoms with Crippen molar-refractivity contribution in [3.05, 3.63) is 41.7 Å². The van der Waals surface area contributed by atoms with Gasteiger partial charge in [0, 0.05) is 22.9 Å². The smallest absolute Gasteiger partial charge is 0.0964 e. The van der Waals surface area contributed by atoms with E-state index in [-0.39, 0.29) is 0 Å². The maximum atomic E-state index is 4.21. The van der Waals surface area contributed by atoms with Gasteiger partial charge in [0.2, 0.25) is 0 Å². The molecule has 1 unspecified atom stereocenters. The molecular weight excluding hydrogens is 256 g/mol. The molecule has 1 N–H and O–H groups in total. The third-order valence-corrected chi connectivity index (χ3v) is 4.55. The Hall–Kier alpha value is -1.33. The molecule has 1 aliphatic rings. The van der Waals surface area contributed by atoms with Crippen LogP contribution in [0.5, 0.6) is 0 Å². The van der Waals surface area contributed by atoms with Crippen molar-refractivity contribution in [1.82, 2.24) is 20.3 Å². The van der Waals surface area contributed by atoms with Gasteiger partial charge in [-0.15, -0.1) is 16.9 Å². The maximum absolute atomic E-state index is 4.21. The van der Waals surface area contributed by atoms with Gasteiger partial charge >= 0.3 is 0 Å². The monoisotopic (exact) mass is 274 g/mol. The summed E-state index contributed by atoms with van der Waals surface area (Å²) in [5.74, 6) is 0. The molecule has 0 saturated carbocycles. The van der Waals surface area contributed by atoms with Gasteiger partial charge < -0.3 is 5.32 Å². The van der Waals surface area contributed by atoms with Crippen LogP contribution in [0.4, 0.5) is 0 Å². The number of fused-ring (bicyclic) bond motifs is 1. The minimum atomic E-state index is 0.575. The van der Waals surface area contributed by atoms with E-state index in [0.29, 0.717) is 5.25 Å². The van der Waals surface area contributed by atoms with E-state index >= 15 is 0 Å². The second-order valence-corrected chi connectivity index (χ2v) is 6.11. The molecule has 1 aliphatic heterocycles. The molecule has 19 heavy (non-hydrogen) atoms. The molecule has 0 aliphatic carbocycles. The first-order valence-electron chi connectivity index (χ1n) is 6.69. The van der Waals surface area contributed by atoms with Crippen LogP contribution in [0.25, 0.3) is 0 Å². The Morgan fingerprint density at radius 1 is 1.42 bits per heavy atom. The van der Waals surface area contributed by atoms with Crippen LogP contribution in [0.3, 0.4) is 0 Å². The van der Waals surface area contributed by atoms with E-state index in [0.717, 1.165) is 31.7 Å². The second kappa shape index (κ2) is 5.75. The summed E-state index contributed by atoms with van der Waals surface area (Å²) in [5, 5.41) is 12.2. The first-order chi connectivity index (χ1) is 9.35. The summed E-state index contributed by atoms with van der Waals surface area (Å²) in [6.45, 7) is 4.78. The van der Waals surface area contributed by atoms with Gasteiger partial charge in [-0.3, -0.25) is 4.68 Å². The minimum Gasteiger partial charge on any atom is -0.311 e. The number of thioether (sulfide) groups is 1. The molecule has 1 atom stereocenters. The Labute approximate surface area is 117 Å². The zero-order valence-electron chi connectivity index (χ0n) is 11.0. The lowest BCUT2D eigenvalue weighted by Crippen LogP contribution is -2.13. The van der Waals surface area contributed by atoms with Gasteiger partial charge in [0.05, 0.1) is 12.2 Å². The van der Waals surface area contributed by atoms with E-state index in [1.54, 1.807) is 0 Å². The van der Waals surface area contributed by atoms with E-state index in [9.17, 15) is 0 Å². The number of benzene rings is 1. The molecule has 100 valence electrons. The first-order valence-corrected chi connectivity index (χ1v) is 7.57. The largest absolute Gasteiger partial charge is 0.311 e. The summed E-state index contributed by atoms with van der Waals surface area (Å²) in [7, 11) is 0. The lowest BCUT2D eigenvalue weighted by molar-refractivity contribution is 0.572. The number of aromatic nitrogens is 3. The van der Waals surface area contributed by atoms with Crippen molar-refractivity contribution in [1.29, 1.82) is 0 Å². The van der Waals surface area contributed by atoms with Crippen LogP contribution >= 0.6 is 11.8 Å². The predicted molar refractivity (Wildman–Crippen MR) is 77.2 cm³/mol. The quantitative estimate of drug-likeness (QED) is 0.907. The van der Waals surface area contributed by atoms with Crippen LogP contribution < -0.4 is 5.32 Å². The molecule has 1 aromatic carbocycles. The Morgan fingerprint density at radius 2 is 2.32 bits per heavy atom. The van der Waals surface area contributed by atoms with Gasteiger partial charge in [0.25, 0.3) is 0 Å². The molecule has 0 fully saturated rings. The fraction of sp³-hybridized carbons (Fsp3) is 0.429. The third kappa shape index (κ3) is 2.98. The molecule has 0 radical (unpaired) electrons. The number of rotatable bonds is 5. The average Bonchev–Trinajstić information content (AvgIpc) is 3.02. The molecule has 2 aromatic rings. The fourth-order valence-corrected chi connectivity index (χ4v) is 3.64. The Balaban J connectivity index is 1.60. The molecular formula is C14H18N4S. The lowest BCUT2D eigenvalue weighted by Gasteiger charge is -2.07. The summed E-state index contributed by atoms with van der Waals surface area (Å²) in [4.78, 5) is 1.42. The van der Waals surface area contributed by atoms with E-state index in [1.807, 2.05) is 22.6 Å². The molecule has 0 bridgehead atoms. The highest BCUT2D eigenvalue weighted by Crippen LogP contribution is 2.37. The number of hydrogen-bond donors (Lipinski definition) is 1. The van der Waals surface area contributed by atoms with E-state index < -0.39 is 0 Å². The van der Waals surface area contributed by atoms with Crippen molar-refractivity contribution < 1.29 is 0 Å². The molecule has 0 saturated heterocycles. The molecule has 3 rings (SSSR count). The summed E-state index contributed by atoms with van der Waals surface area (Å²) < 4.78 is 1.97. The highest BCUT2D eigenvalue weighted by atomic mass is 32.2. The van der Waals surface area contributed by atoms with Crippen molar-refractivity contribution in [2.24, 2.45) is 0 Å². The minimum absolute atomic E-state index is 0.575. The zero-order chi connectivity index (χ0) is 13.1. The molecule has 4 nitrogen and oxygen atoms in total. The van der Waals surface area contributed by atoms with Crippen LogP contribution in [0, 0.1) is 0 Å². The van der Waals surface area contributed by atoms with Gasteiger partial charge in [0.1, 0.15) is 0 Å². The Bertz CT molecular complexity index is 527. The van der Waals surface area contributed by atoms with Crippen molar-refractivity contribution in [2.45, 2.75) is 36.6 Å². The second-order valence-electron chi connectivity index (χ2n) is 4.76. The highest BCUT2D eigenvalue weighted by Gasteiger charge is 2.22. The molecule has 0 spiro atoms. The molecule has 1 aromatic heterocycles. The molecule has 5 heteroatoms. The summed E-state index contributed by atoms with van der Waals surface area (Å²) >= 11 is 1.95. The van der Waals surface area contributed by atoms with Crippen molar-refractivity contribution >= 4 is 11.8 Å². The van der Waals surface area contributed by atoms with Crippen molar-refractivity contribution in [2.75, 3.05) is 6.54 Å². The summed E-state index contributed by atoms with van der Waals surface area (Å²) in [6.07, 6.45) is 3.18. The van der Waals surface area contributed by atoms with Crippen LogP contribution in [-0.4, -0.2) is 26.8 Å². The normalized spacial score (nSPS) is 17.6. The van der Waals surface area contributed by atoms with Gasteiger partial charge in [-0.1, -0.05) is 30.3 Å². The standard InChI is InChI=1S/C14H18N4S/c1-2-15-8-12-9-18(17-16-12)10-13-7-11-5-3-4-6-14(11)19-13/h3-6,9,13,15H,2,7-8,10H2,1H3. The van der Waals surface area contributed by atoms with Gasteiger partial charge in [-0.25, -0.2) is 0 Å². The zero-order valence-corrected chi connectivity index (χ0v) is 11.9. The Morgan fingerprint density at radius 3 is 3.16 bits per heavy atom. The SMILES string of the molecule is CCNCc1cn(CC2Cc3ccccc3S2)nn1. The fourth-order valence-electron chi connectivity index (χ4n) is 2.33. The van der Waals surface area contributed by atoms with E-state index in [2.05, 4.69) is 46.8 Å². The van der Waals surface area contributed by atoms with Crippen LogP contribution in [0.1, 0.15) is 18.2 Å². The average molecular weight is 274 g/mol. The van der Waals surface area contributed by atoms with E-state index in [1.165, 1.54) is 10.5 Å². The summed E-state index contributed by atoms with van der Waals surface area (Å²) in [5.41, 5.74) is 2.48. The number of nitrogens with one attached hydrogen (secondary N) is 1. The van der Waals surface area contributed by atoms with Gasteiger partial charge in [0.15, 0.2) is 0 Å². The van der Waals surface area contributed by atoms with Gasteiger partial charge in [-0.2, -0.15) is 0 Å². The Kier molecular flexibility index (Phi) is 3.84. The van der Waals surface area contributed by atoms with E-state index in [4.69, 9.17) is 0 Å². The lowest BCUT2D eigenvalue weighted by atomic mass is 10.1. The topological polar surface area (TPSA) is 42.7 Å². The number of hydrogen-bond acceptors (Lipinski definition) is 4. The van der Waals surface area contributed by atoms with Crippen molar-refractivity contribution in [3.8, 4) is 0 Å². The van der Waals surface area contributed by atoms with Crippen LogP contribution in [0.15, 0.2) is 35.4 Å². The highest BCUT2D eigenvalue weighted by molar-refractivity contribution is 8.00. The predicted octanol–water partition coefficient (Wildman–Crippen LogP) is 2.10.